The molecule has 0 saturated heterocycles. The van der Waals surface area contributed by atoms with Crippen LogP contribution in [0.5, 0.6) is 0 Å². The SMILES string of the molecule is [C]1N=CC[Te]1. The van der Waals surface area contributed by atoms with E-state index in [9.17, 15) is 0 Å². The van der Waals surface area contributed by atoms with E-state index in [1.807, 2.05) is 6.21 Å². The van der Waals surface area contributed by atoms with Crippen LogP contribution in [0.4, 0.5) is 0 Å². The second kappa shape index (κ2) is 1.79. The quantitative estimate of drug-likeness (QED) is 0.472. The van der Waals surface area contributed by atoms with Gasteiger partial charge in [0.05, 0.1) is 0 Å². The molecular weight excluding hydrogens is 178 g/mol. The Morgan fingerprint density at radius 3 is 3.20 bits per heavy atom. The van der Waals surface area contributed by atoms with Crippen molar-refractivity contribution in [3.8, 4) is 0 Å². The first kappa shape index (κ1) is 3.64. The number of rotatable bonds is 0. The van der Waals surface area contributed by atoms with Crippen LogP contribution in [-0.4, -0.2) is 27.1 Å². The van der Waals surface area contributed by atoms with Gasteiger partial charge in [-0.25, -0.2) is 0 Å². The van der Waals surface area contributed by atoms with Crippen molar-refractivity contribution in [2.45, 2.75) is 4.47 Å². The third-order valence-corrected chi connectivity index (χ3v) is 1.94. The summed E-state index contributed by atoms with van der Waals surface area (Å²) in [5, 5.41) is 0. The Bertz CT molecular complexity index is 44.9. The predicted molar refractivity (Wildman–Crippen MR) is 22.3 cm³/mol. The summed E-state index contributed by atoms with van der Waals surface area (Å²) in [6, 6.07) is 0. The van der Waals surface area contributed by atoms with Gasteiger partial charge in [-0.1, -0.05) is 0 Å². The molecule has 0 fully saturated rings. The van der Waals surface area contributed by atoms with E-state index in [0.29, 0.717) is 0 Å². The fraction of sp³-hybridized carbons (Fsp3) is 0.333. The van der Waals surface area contributed by atoms with Gasteiger partial charge in [0.1, 0.15) is 0 Å². The Morgan fingerprint density at radius 2 is 3.00 bits per heavy atom. The van der Waals surface area contributed by atoms with Crippen molar-refractivity contribution in [1.29, 1.82) is 0 Å². The zero-order valence-corrected chi connectivity index (χ0v) is 4.97. The van der Waals surface area contributed by atoms with Gasteiger partial charge < -0.3 is 0 Å². The summed E-state index contributed by atoms with van der Waals surface area (Å²) in [7, 11) is 0. The fourth-order valence-corrected chi connectivity index (χ4v) is 1.25. The van der Waals surface area contributed by atoms with E-state index in [2.05, 4.69) is 9.59 Å². The number of hydrogen-bond donors (Lipinski definition) is 0. The Morgan fingerprint density at radius 1 is 2.00 bits per heavy atom. The molecule has 1 aliphatic rings. The molecule has 26 valence electrons. The van der Waals surface area contributed by atoms with E-state index in [1.165, 1.54) is 4.47 Å². The molecule has 5 heavy (non-hydrogen) atoms. The molecule has 0 aliphatic carbocycles. The van der Waals surface area contributed by atoms with Crippen LogP contribution in [0.3, 0.4) is 0 Å². The van der Waals surface area contributed by atoms with Gasteiger partial charge in [0.15, 0.2) is 0 Å². The van der Waals surface area contributed by atoms with Crippen molar-refractivity contribution < 1.29 is 0 Å². The average Bonchev–Trinajstić information content (AvgIpc) is 1.76. The Labute approximate surface area is 41.6 Å². The van der Waals surface area contributed by atoms with Crippen LogP contribution < -0.4 is 0 Å². The Hall–Kier alpha value is 0.460. The molecule has 1 aliphatic heterocycles. The summed E-state index contributed by atoms with van der Waals surface area (Å²) in [6.45, 7) is 0. The molecule has 0 spiro atoms. The summed E-state index contributed by atoms with van der Waals surface area (Å²) >= 11 is 0.132. The van der Waals surface area contributed by atoms with Crippen LogP contribution in [0, 0.1) is 4.59 Å². The van der Waals surface area contributed by atoms with Crippen LogP contribution >= 0.6 is 0 Å². The van der Waals surface area contributed by atoms with E-state index in [1.54, 1.807) is 0 Å². The Balaban J connectivity index is 2.32. The van der Waals surface area contributed by atoms with Crippen molar-refractivity contribution in [2.24, 2.45) is 4.99 Å². The Kier molecular flexibility index (Phi) is 1.30. The molecule has 0 atom stereocenters. The molecule has 2 heteroatoms. The number of aliphatic imine (C=N–C) groups is 1. The van der Waals surface area contributed by atoms with Gasteiger partial charge >= 0.3 is 41.2 Å². The van der Waals surface area contributed by atoms with Crippen LogP contribution in [0.2, 0.25) is 4.47 Å². The monoisotopic (exact) mass is 183 g/mol. The van der Waals surface area contributed by atoms with Crippen molar-refractivity contribution in [1.82, 2.24) is 0 Å². The number of hydrogen-bond acceptors (Lipinski definition) is 1. The van der Waals surface area contributed by atoms with Gasteiger partial charge in [0.25, 0.3) is 0 Å². The first-order chi connectivity index (χ1) is 2.50. The molecule has 2 radical (unpaired) electrons. The summed E-state index contributed by atoms with van der Waals surface area (Å²) < 4.78 is 4.15. The number of nitrogens with zero attached hydrogens (tertiary/aromatic N) is 1. The van der Waals surface area contributed by atoms with E-state index < -0.39 is 0 Å². The second-order valence-electron chi connectivity index (χ2n) is 0.714. The molecule has 0 amide bonds. The molecule has 0 aromatic rings. The molecular formula is C3H3NTe. The summed E-state index contributed by atoms with van der Waals surface area (Å²) in [6.07, 6.45) is 1.93. The average molecular weight is 181 g/mol. The zero-order valence-electron chi connectivity index (χ0n) is 2.64. The van der Waals surface area contributed by atoms with Gasteiger partial charge in [-0.2, -0.15) is 0 Å². The normalized spacial score (nSPS) is 20.8. The topological polar surface area (TPSA) is 12.4 Å². The predicted octanol–water partition coefficient (Wildman–Crippen LogP) is 0.190. The molecule has 1 heterocycles. The molecule has 1 rings (SSSR count). The minimum atomic E-state index is 0.132. The van der Waals surface area contributed by atoms with Gasteiger partial charge in [0.2, 0.25) is 0 Å². The van der Waals surface area contributed by atoms with Gasteiger partial charge in [-0.3, -0.25) is 0 Å². The molecule has 0 aromatic carbocycles. The molecule has 0 saturated carbocycles. The van der Waals surface area contributed by atoms with Gasteiger partial charge in [-0.05, 0) is 0 Å². The second-order valence-corrected chi connectivity index (χ2v) is 3.01. The van der Waals surface area contributed by atoms with Crippen molar-refractivity contribution in [2.75, 3.05) is 0 Å². The van der Waals surface area contributed by atoms with Crippen molar-refractivity contribution in [3.05, 3.63) is 4.59 Å². The molecule has 0 bridgehead atoms. The van der Waals surface area contributed by atoms with Crippen LogP contribution in [0.1, 0.15) is 0 Å². The van der Waals surface area contributed by atoms with Gasteiger partial charge in [-0.15, -0.1) is 0 Å². The third kappa shape index (κ3) is 0.905. The van der Waals surface area contributed by atoms with E-state index in [4.69, 9.17) is 0 Å². The standard InChI is InChI=1S/C3H3NTe/c1-2-5-3-4-1/h1H,2H2. The molecule has 1 nitrogen and oxygen atoms in total. The van der Waals surface area contributed by atoms with E-state index in [0.717, 1.165) is 0 Å². The van der Waals surface area contributed by atoms with Crippen molar-refractivity contribution in [3.63, 3.8) is 0 Å². The summed E-state index contributed by atoms with van der Waals surface area (Å²) in [4.78, 5) is 3.77. The first-order valence-corrected chi connectivity index (χ1v) is 4.20. The summed E-state index contributed by atoms with van der Waals surface area (Å²) in [5.74, 6) is 0. The van der Waals surface area contributed by atoms with Crippen molar-refractivity contribution >= 4 is 27.1 Å². The maximum atomic E-state index is 3.77. The first-order valence-electron chi connectivity index (χ1n) is 1.38. The zero-order chi connectivity index (χ0) is 3.54. The maximum absolute atomic E-state index is 3.77. The summed E-state index contributed by atoms with van der Waals surface area (Å²) in [5.41, 5.74) is 0. The fourth-order valence-electron chi connectivity index (χ4n) is 0.186. The van der Waals surface area contributed by atoms with Crippen LogP contribution in [-0.2, 0) is 0 Å². The minimum absolute atomic E-state index is 0.132. The van der Waals surface area contributed by atoms with E-state index in [-0.39, 0.29) is 20.9 Å². The third-order valence-electron chi connectivity index (χ3n) is 0.366. The molecule has 0 unspecified atom stereocenters. The van der Waals surface area contributed by atoms with Crippen LogP contribution in [0.15, 0.2) is 4.99 Å². The van der Waals surface area contributed by atoms with Crippen LogP contribution in [0.25, 0.3) is 0 Å². The molecule has 0 N–H and O–H groups in total. The van der Waals surface area contributed by atoms with E-state index >= 15 is 0 Å². The van der Waals surface area contributed by atoms with Gasteiger partial charge in [0, 0.05) is 0 Å². The molecule has 0 aromatic heterocycles.